The van der Waals surface area contributed by atoms with E-state index in [1.165, 1.54) is 24.0 Å². The van der Waals surface area contributed by atoms with Crippen LogP contribution in [0.15, 0.2) is 24.3 Å². The molecule has 5 heteroatoms. The van der Waals surface area contributed by atoms with Crippen molar-refractivity contribution in [3.05, 3.63) is 35.4 Å². The van der Waals surface area contributed by atoms with Crippen LogP contribution in [0.3, 0.4) is 0 Å². The number of hydrogen-bond acceptors (Lipinski definition) is 3. The van der Waals surface area contributed by atoms with Crippen molar-refractivity contribution < 1.29 is 13.2 Å². The Bertz CT molecular complexity index is 789. The molecule has 0 aromatic heterocycles. The second-order valence-corrected chi connectivity index (χ2v) is 11.1. The van der Waals surface area contributed by atoms with Gasteiger partial charge in [-0.1, -0.05) is 24.3 Å². The molecule has 5 rings (SSSR count). The summed E-state index contributed by atoms with van der Waals surface area (Å²) in [6, 6.07) is 8.29. The quantitative estimate of drug-likeness (QED) is 0.875. The third-order valence-electron chi connectivity index (χ3n) is 7.69. The predicted octanol–water partition coefficient (Wildman–Crippen LogP) is 3.58. The summed E-state index contributed by atoms with van der Waals surface area (Å²) >= 11 is 0. The van der Waals surface area contributed by atoms with Gasteiger partial charge in [-0.25, -0.2) is 13.1 Å². The van der Waals surface area contributed by atoms with E-state index in [1.54, 1.807) is 0 Å². The Morgan fingerprint density at radius 1 is 1.08 bits per heavy atom. The van der Waals surface area contributed by atoms with Gasteiger partial charge in [0.2, 0.25) is 10.0 Å². The zero-order chi connectivity index (χ0) is 17.8. The van der Waals surface area contributed by atoms with E-state index in [-0.39, 0.29) is 16.9 Å². The zero-order valence-corrected chi connectivity index (χ0v) is 16.2. The molecule has 3 aliphatic carbocycles. The number of nitrogens with one attached hydrogen (secondary N) is 1. The monoisotopic (exact) mass is 375 g/mol. The highest BCUT2D eigenvalue weighted by Crippen LogP contribution is 2.55. The Morgan fingerprint density at radius 2 is 1.81 bits per heavy atom. The number of fused-ring (bicyclic) bond motifs is 3. The van der Waals surface area contributed by atoms with Crippen molar-refractivity contribution in [1.29, 1.82) is 0 Å². The van der Waals surface area contributed by atoms with Crippen molar-refractivity contribution in [1.82, 2.24) is 4.72 Å². The van der Waals surface area contributed by atoms with Crippen LogP contribution in [0.2, 0.25) is 0 Å². The van der Waals surface area contributed by atoms with Crippen LogP contribution in [0, 0.1) is 16.7 Å². The van der Waals surface area contributed by atoms with Gasteiger partial charge in [0.1, 0.15) is 0 Å². The molecule has 1 saturated heterocycles. The fourth-order valence-corrected chi connectivity index (χ4v) is 8.39. The standard InChI is InChI=1S/C21H29NO3S/c23-26(24,15-20-7-5-16(13-20)6-8-20)22-19-18-4-2-1-3-17(18)14-21(19)9-11-25-12-10-21/h1-4,16,19,22H,5-15H2. The summed E-state index contributed by atoms with van der Waals surface area (Å²) in [5.74, 6) is 1.10. The molecule has 1 aromatic carbocycles. The largest absolute Gasteiger partial charge is 0.381 e. The van der Waals surface area contributed by atoms with Crippen molar-refractivity contribution in [2.24, 2.45) is 16.7 Å². The molecule has 0 radical (unpaired) electrons. The van der Waals surface area contributed by atoms with Gasteiger partial charge in [-0.15, -0.1) is 0 Å². The number of ether oxygens (including phenoxy) is 1. The summed E-state index contributed by atoms with van der Waals surface area (Å²) in [7, 11) is -3.30. The molecular weight excluding hydrogens is 346 g/mol. The van der Waals surface area contributed by atoms with Gasteiger partial charge in [0.05, 0.1) is 11.8 Å². The molecule has 26 heavy (non-hydrogen) atoms. The van der Waals surface area contributed by atoms with Crippen LogP contribution in [0.1, 0.15) is 62.1 Å². The van der Waals surface area contributed by atoms with Crippen molar-refractivity contribution in [2.75, 3.05) is 19.0 Å². The molecule has 1 aromatic rings. The van der Waals surface area contributed by atoms with Crippen molar-refractivity contribution in [2.45, 2.75) is 57.4 Å². The molecule has 3 fully saturated rings. The van der Waals surface area contributed by atoms with Gasteiger partial charge in [0.25, 0.3) is 0 Å². The Balaban J connectivity index is 1.43. The highest BCUT2D eigenvalue weighted by Gasteiger charge is 2.51. The zero-order valence-electron chi connectivity index (χ0n) is 15.4. The molecule has 142 valence electrons. The van der Waals surface area contributed by atoms with E-state index in [1.807, 2.05) is 6.07 Å². The summed E-state index contributed by atoms with van der Waals surface area (Å²) in [5.41, 5.74) is 2.53. The van der Waals surface area contributed by atoms with E-state index in [2.05, 4.69) is 22.9 Å². The molecule has 2 saturated carbocycles. The fraction of sp³-hybridized carbons (Fsp3) is 0.714. The lowest BCUT2D eigenvalue weighted by atomic mass is 9.75. The minimum absolute atomic E-state index is 0.0133. The second kappa shape index (κ2) is 6.05. The Kier molecular flexibility index (Phi) is 4.00. The smallest absolute Gasteiger partial charge is 0.212 e. The first kappa shape index (κ1) is 17.2. The number of hydrogen-bond donors (Lipinski definition) is 1. The minimum Gasteiger partial charge on any atom is -0.381 e. The first-order valence-electron chi connectivity index (χ1n) is 10.2. The van der Waals surface area contributed by atoms with E-state index in [0.717, 1.165) is 57.7 Å². The van der Waals surface area contributed by atoms with E-state index in [9.17, 15) is 8.42 Å². The lowest BCUT2D eigenvalue weighted by Crippen LogP contribution is -2.44. The molecule has 2 bridgehead atoms. The van der Waals surface area contributed by atoms with Gasteiger partial charge in [-0.3, -0.25) is 0 Å². The molecule has 1 spiro atoms. The van der Waals surface area contributed by atoms with Crippen LogP contribution in [-0.2, 0) is 21.2 Å². The van der Waals surface area contributed by atoms with Crippen molar-refractivity contribution in [3.8, 4) is 0 Å². The summed E-state index contributed by atoms with van der Waals surface area (Å²) < 4.78 is 35.2. The predicted molar refractivity (Wildman–Crippen MR) is 101 cm³/mol. The van der Waals surface area contributed by atoms with Gasteiger partial charge in [0, 0.05) is 13.2 Å². The van der Waals surface area contributed by atoms with Crippen LogP contribution >= 0.6 is 0 Å². The highest BCUT2D eigenvalue weighted by atomic mass is 32.2. The normalized spacial score (nSPS) is 35.1. The lowest BCUT2D eigenvalue weighted by molar-refractivity contribution is 0.00407. The van der Waals surface area contributed by atoms with Gasteiger partial charge < -0.3 is 4.74 Å². The molecule has 0 amide bonds. The van der Waals surface area contributed by atoms with E-state index >= 15 is 0 Å². The second-order valence-electron chi connectivity index (χ2n) is 9.31. The molecule has 1 atom stereocenters. The van der Waals surface area contributed by atoms with Gasteiger partial charge >= 0.3 is 0 Å². The average Bonchev–Trinajstić information content (AvgIpc) is 3.28. The lowest BCUT2D eigenvalue weighted by Gasteiger charge is -2.39. The number of sulfonamides is 1. The van der Waals surface area contributed by atoms with E-state index < -0.39 is 10.0 Å². The Hall–Kier alpha value is -0.910. The maximum Gasteiger partial charge on any atom is 0.212 e. The third kappa shape index (κ3) is 2.83. The van der Waals surface area contributed by atoms with Gasteiger partial charge in [-0.2, -0.15) is 0 Å². The summed E-state index contributed by atoms with van der Waals surface area (Å²) in [5, 5.41) is 0. The molecular formula is C21H29NO3S. The fourth-order valence-electron chi connectivity index (χ4n) is 6.36. The minimum atomic E-state index is -3.30. The summed E-state index contributed by atoms with van der Waals surface area (Å²) in [6.07, 6.45) is 8.59. The van der Waals surface area contributed by atoms with Gasteiger partial charge in [-0.05, 0) is 79.2 Å². The van der Waals surface area contributed by atoms with Crippen LogP contribution in [0.25, 0.3) is 0 Å². The van der Waals surface area contributed by atoms with Crippen LogP contribution in [0.5, 0.6) is 0 Å². The van der Waals surface area contributed by atoms with Crippen LogP contribution < -0.4 is 4.72 Å². The van der Waals surface area contributed by atoms with Crippen molar-refractivity contribution >= 4 is 10.0 Å². The van der Waals surface area contributed by atoms with E-state index in [0.29, 0.717) is 5.75 Å². The Labute approximate surface area is 156 Å². The number of benzene rings is 1. The maximum atomic E-state index is 13.2. The first-order chi connectivity index (χ1) is 12.5. The highest BCUT2D eigenvalue weighted by molar-refractivity contribution is 7.89. The van der Waals surface area contributed by atoms with Crippen LogP contribution in [-0.4, -0.2) is 27.4 Å². The SMILES string of the molecule is O=S(=O)(CC12CCC(CC1)C2)NC1c2ccccc2CC12CCOCC2. The topological polar surface area (TPSA) is 55.4 Å². The molecule has 1 heterocycles. The molecule has 1 aliphatic heterocycles. The molecule has 4 aliphatic rings. The third-order valence-corrected chi connectivity index (χ3v) is 9.28. The van der Waals surface area contributed by atoms with Crippen molar-refractivity contribution in [3.63, 3.8) is 0 Å². The maximum absolute atomic E-state index is 13.2. The molecule has 1 N–H and O–H groups in total. The summed E-state index contributed by atoms with van der Waals surface area (Å²) in [6.45, 7) is 1.47. The molecule has 1 unspecified atom stereocenters. The first-order valence-corrected chi connectivity index (χ1v) is 11.8. The van der Waals surface area contributed by atoms with Gasteiger partial charge in [0.15, 0.2) is 0 Å². The Morgan fingerprint density at radius 3 is 2.50 bits per heavy atom. The average molecular weight is 376 g/mol. The number of rotatable bonds is 4. The van der Waals surface area contributed by atoms with Crippen LogP contribution in [0.4, 0.5) is 0 Å². The summed E-state index contributed by atoms with van der Waals surface area (Å²) in [4.78, 5) is 0. The van der Waals surface area contributed by atoms with E-state index in [4.69, 9.17) is 4.74 Å². The molecule has 4 nitrogen and oxygen atoms in total.